The zero-order valence-electron chi connectivity index (χ0n) is 14.4. The molecule has 0 bridgehead atoms. The topological polar surface area (TPSA) is 43.2 Å². The molecule has 2 aromatic rings. The van der Waals surface area contributed by atoms with Gasteiger partial charge in [0.25, 0.3) is 0 Å². The number of benzene rings is 1. The smallest absolute Gasteiger partial charge is 0.147 e. The molecule has 0 saturated carbocycles. The predicted molar refractivity (Wildman–Crippen MR) is 90.6 cm³/mol. The van der Waals surface area contributed by atoms with Crippen molar-refractivity contribution < 1.29 is 9.13 Å². The van der Waals surface area contributed by atoms with Crippen LogP contribution in [0.5, 0.6) is 5.75 Å². The van der Waals surface area contributed by atoms with E-state index in [9.17, 15) is 4.39 Å². The number of aromatic nitrogens is 3. The quantitative estimate of drug-likeness (QED) is 0.731. The van der Waals surface area contributed by atoms with Crippen molar-refractivity contribution in [3.05, 3.63) is 41.7 Å². The van der Waals surface area contributed by atoms with Gasteiger partial charge in [-0.3, -0.25) is 4.90 Å². The summed E-state index contributed by atoms with van der Waals surface area (Å²) in [6.45, 7) is 7.65. The molecule has 0 amide bonds. The number of ether oxygens (including phenoxy) is 1. The summed E-state index contributed by atoms with van der Waals surface area (Å²) in [5.74, 6) is 2.31. The first-order valence-electron chi connectivity index (χ1n) is 8.62. The summed E-state index contributed by atoms with van der Waals surface area (Å²) in [7, 11) is 0. The van der Waals surface area contributed by atoms with Crippen LogP contribution in [0, 0.1) is 19.7 Å². The highest BCUT2D eigenvalue weighted by Crippen LogP contribution is 2.19. The molecule has 3 rings (SSSR count). The molecule has 0 aliphatic carbocycles. The van der Waals surface area contributed by atoms with Crippen LogP contribution in [-0.2, 0) is 6.54 Å². The van der Waals surface area contributed by atoms with Gasteiger partial charge in [0.1, 0.15) is 23.2 Å². The lowest BCUT2D eigenvalue weighted by Gasteiger charge is -2.24. The van der Waals surface area contributed by atoms with Crippen LogP contribution < -0.4 is 4.74 Å². The predicted octanol–water partition coefficient (Wildman–Crippen LogP) is 2.97. The van der Waals surface area contributed by atoms with E-state index in [0.29, 0.717) is 12.6 Å². The van der Waals surface area contributed by atoms with E-state index >= 15 is 0 Å². The summed E-state index contributed by atoms with van der Waals surface area (Å²) < 4.78 is 20.6. The first kappa shape index (κ1) is 16.9. The Balaban J connectivity index is 1.44. The van der Waals surface area contributed by atoms with Crippen LogP contribution in [0.2, 0.25) is 0 Å². The molecule has 0 radical (unpaired) electrons. The SMILES string of the molecule is Cc1nc(C)n(C[C@H]2CCCN2CCCOc2ccc(F)cc2)n1. The number of hydrogen-bond donors (Lipinski definition) is 0. The van der Waals surface area contributed by atoms with Crippen molar-refractivity contribution in [2.24, 2.45) is 0 Å². The normalized spacial score (nSPS) is 18.2. The third-order valence-corrected chi connectivity index (χ3v) is 4.52. The van der Waals surface area contributed by atoms with Gasteiger partial charge in [0.05, 0.1) is 13.2 Å². The Hall–Kier alpha value is -1.95. The summed E-state index contributed by atoms with van der Waals surface area (Å²) in [5.41, 5.74) is 0. The van der Waals surface area contributed by atoms with Crippen LogP contribution in [0.15, 0.2) is 24.3 Å². The molecule has 0 unspecified atom stereocenters. The van der Waals surface area contributed by atoms with Crippen molar-refractivity contribution in [1.29, 1.82) is 0 Å². The fourth-order valence-corrected chi connectivity index (χ4v) is 3.32. The minimum absolute atomic E-state index is 0.235. The zero-order valence-corrected chi connectivity index (χ0v) is 14.4. The molecule has 0 spiro atoms. The maximum Gasteiger partial charge on any atom is 0.147 e. The van der Waals surface area contributed by atoms with Gasteiger partial charge in [-0.05, 0) is 63.9 Å². The Morgan fingerprint density at radius 1 is 1.25 bits per heavy atom. The van der Waals surface area contributed by atoms with Gasteiger partial charge in [0, 0.05) is 12.6 Å². The highest BCUT2D eigenvalue weighted by atomic mass is 19.1. The van der Waals surface area contributed by atoms with Crippen molar-refractivity contribution in [3.8, 4) is 5.75 Å². The van der Waals surface area contributed by atoms with Crippen LogP contribution in [0.25, 0.3) is 0 Å². The monoisotopic (exact) mass is 332 g/mol. The Bertz CT molecular complexity index is 656. The third kappa shape index (κ3) is 4.32. The summed E-state index contributed by atoms with van der Waals surface area (Å²) in [6, 6.07) is 6.71. The van der Waals surface area contributed by atoms with Crippen LogP contribution in [-0.4, -0.2) is 45.4 Å². The molecule has 1 fully saturated rings. The Morgan fingerprint density at radius 2 is 2.04 bits per heavy atom. The molecule has 130 valence electrons. The summed E-state index contributed by atoms with van der Waals surface area (Å²) in [6.07, 6.45) is 3.40. The average Bonchev–Trinajstić information content (AvgIpc) is 3.12. The summed E-state index contributed by atoms with van der Waals surface area (Å²) >= 11 is 0. The zero-order chi connectivity index (χ0) is 16.9. The van der Waals surface area contributed by atoms with E-state index in [1.807, 2.05) is 18.5 Å². The molecule has 5 nitrogen and oxygen atoms in total. The van der Waals surface area contributed by atoms with Gasteiger partial charge in [-0.25, -0.2) is 14.1 Å². The first-order valence-corrected chi connectivity index (χ1v) is 8.62. The minimum Gasteiger partial charge on any atom is -0.494 e. The molecule has 1 aromatic heterocycles. The molecule has 1 atom stereocenters. The molecule has 1 aliphatic rings. The molecular formula is C18H25FN4O. The largest absolute Gasteiger partial charge is 0.494 e. The summed E-state index contributed by atoms with van der Waals surface area (Å²) in [4.78, 5) is 6.90. The van der Waals surface area contributed by atoms with Gasteiger partial charge < -0.3 is 4.74 Å². The highest BCUT2D eigenvalue weighted by molar-refractivity contribution is 5.21. The Morgan fingerprint density at radius 3 is 2.75 bits per heavy atom. The first-order chi connectivity index (χ1) is 11.6. The number of aryl methyl sites for hydroxylation is 2. The Kier molecular flexibility index (Phi) is 5.45. The van der Waals surface area contributed by atoms with Gasteiger partial charge in [0.15, 0.2) is 0 Å². The molecule has 24 heavy (non-hydrogen) atoms. The lowest BCUT2D eigenvalue weighted by molar-refractivity contribution is 0.202. The minimum atomic E-state index is -0.235. The second-order valence-electron chi connectivity index (χ2n) is 6.38. The molecule has 1 saturated heterocycles. The average molecular weight is 332 g/mol. The molecule has 1 aliphatic heterocycles. The lowest BCUT2D eigenvalue weighted by Crippen LogP contribution is -2.34. The van der Waals surface area contributed by atoms with Crippen LogP contribution >= 0.6 is 0 Å². The number of hydrogen-bond acceptors (Lipinski definition) is 4. The number of halogens is 1. The molecule has 6 heteroatoms. The van der Waals surface area contributed by atoms with Crippen LogP contribution in [0.4, 0.5) is 4.39 Å². The molecular weight excluding hydrogens is 307 g/mol. The Labute approximate surface area is 142 Å². The molecule has 1 aromatic carbocycles. The molecule has 2 heterocycles. The van der Waals surface area contributed by atoms with Crippen molar-refractivity contribution in [1.82, 2.24) is 19.7 Å². The summed E-state index contributed by atoms with van der Waals surface area (Å²) in [5, 5.41) is 4.47. The van der Waals surface area contributed by atoms with Crippen LogP contribution in [0.1, 0.15) is 30.9 Å². The van der Waals surface area contributed by atoms with E-state index in [1.165, 1.54) is 25.0 Å². The number of nitrogens with zero attached hydrogens (tertiary/aromatic N) is 4. The van der Waals surface area contributed by atoms with E-state index in [4.69, 9.17) is 4.74 Å². The van der Waals surface area contributed by atoms with Gasteiger partial charge in [-0.1, -0.05) is 0 Å². The van der Waals surface area contributed by atoms with Gasteiger partial charge in [-0.15, -0.1) is 0 Å². The van der Waals surface area contributed by atoms with Gasteiger partial charge >= 0.3 is 0 Å². The number of likely N-dealkylation sites (tertiary alicyclic amines) is 1. The molecule has 0 N–H and O–H groups in total. The second-order valence-corrected chi connectivity index (χ2v) is 6.38. The van der Waals surface area contributed by atoms with Crippen molar-refractivity contribution in [2.45, 2.75) is 45.7 Å². The van der Waals surface area contributed by atoms with Crippen LogP contribution in [0.3, 0.4) is 0 Å². The van der Waals surface area contributed by atoms with Crippen molar-refractivity contribution >= 4 is 0 Å². The van der Waals surface area contributed by atoms with E-state index in [1.54, 1.807) is 12.1 Å². The highest BCUT2D eigenvalue weighted by Gasteiger charge is 2.25. The lowest BCUT2D eigenvalue weighted by atomic mass is 10.2. The van der Waals surface area contributed by atoms with Crippen molar-refractivity contribution in [2.75, 3.05) is 19.7 Å². The fraction of sp³-hybridized carbons (Fsp3) is 0.556. The standard InChI is InChI=1S/C18H25FN4O/c1-14-20-15(2)23(21-14)13-17-5-3-10-22(17)11-4-12-24-18-8-6-16(19)7-9-18/h6-9,17H,3-5,10-13H2,1-2H3/t17-/m1/s1. The third-order valence-electron chi connectivity index (χ3n) is 4.52. The fourth-order valence-electron chi connectivity index (χ4n) is 3.32. The maximum absolute atomic E-state index is 12.9. The second kappa shape index (κ2) is 7.75. The van der Waals surface area contributed by atoms with E-state index in [-0.39, 0.29) is 5.82 Å². The maximum atomic E-state index is 12.9. The van der Waals surface area contributed by atoms with E-state index in [2.05, 4.69) is 15.0 Å². The number of rotatable bonds is 7. The van der Waals surface area contributed by atoms with Gasteiger partial charge in [0.2, 0.25) is 0 Å². The van der Waals surface area contributed by atoms with E-state index < -0.39 is 0 Å². The van der Waals surface area contributed by atoms with Crippen molar-refractivity contribution in [3.63, 3.8) is 0 Å². The van der Waals surface area contributed by atoms with E-state index in [0.717, 1.165) is 43.5 Å². The van der Waals surface area contributed by atoms with Gasteiger partial charge in [-0.2, -0.15) is 5.10 Å².